The molecule has 1 amide bonds. The third-order valence-corrected chi connectivity index (χ3v) is 7.22. The molecule has 2 aromatic rings. The molecule has 11 heteroatoms. The predicted octanol–water partition coefficient (Wildman–Crippen LogP) is 0.978. The number of methoxy groups -OCH3 is 1. The highest BCUT2D eigenvalue weighted by molar-refractivity contribution is 7.89. The van der Waals surface area contributed by atoms with Crippen LogP contribution >= 0.6 is 0 Å². The second-order valence-electron chi connectivity index (χ2n) is 6.55. The van der Waals surface area contributed by atoms with E-state index in [2.05, 4.69) is 5.32 Å². The highest BCUT2D eigenvalue weighted by Gasteiger charge is 2.28. The number of likely N-dealkylation sites (N-methyl/N-ethyl adjacent to an activating group) is 1. The zero-order valence-electron chi connectivity index (χ0n) is 17.0. The van der Waals surface area contributed by atoms with Gasteiger partial charge in [-0.05, 0) is 42.3 Å². The first-order chi connectivity index (χ1) is 14.0. The minimum Gasteiger partial charge on any atom is -0.495 e. The highest BCUT2D eigenvalue weighted by atomic mass is 32.2. The molecule has 9 nitrogen and oxygen atoms in total. The van der Waals surface area contributed by atoms with E-state index in [1.807, 2.05) is 0 Å². The molecular formula is C19H25N3O6S2. The predicted molar refractivity (Wildman–Crippen MR) is 112 cm³/mol. The molecule has 0 atom stereocenters. The zero-order valence-corrected chi connectivity index (χ0v) is 18.6. The molecular weight excluding hydrogens is 430 g/mol. The summed E-state index contributed by atoms with van der Waals surface area (Å²) in [4.78, 5) is 12.3. The number of nitrogens with two attached hydrogens (primary N) is 1. The highest BCUT2D eigenvalue weighted by Crippen LogP contribution is 2.27. The smallest absolute Gasteiger partial charge is 0.247 e. The Balaban J connectivity index is 2.10. The van der Waals surface area contributed by atoms with E-state index in [0.717, 1.165) is 9.87 Å². The van der Waals surface area contributed by atoms with Crippen molar-refractivity contribution in [3.63, 3.8) is 0 Å². The Kier molecular flexibility index (Phi) is 7.59. The summed E-state index contributed by atoms with van der Waals surface area (Å²) >= 11 is 0. The molecule has 0 aliphatic heterocycles. The summed E-state index contributed by atoms with van der Waals surface area (Å²) in [5.74, 6) is -0.294. The van der Waals surface area contributed by atoms with Gasteiger partial charge in [0.2, 0.25) is 26.0 Å². The second-order valence-corrected chi connectivity index (χ2v) is 10.0. The largest absolute Gasteiger partial charge is 0.495 e. The maximum absolute atomic E-state index is 13.0. The summed E-state index contributed by atoms with van der Waals surface area (Å²) in [5.41, 5.74) is 1.39. The fourth-order valence-electron chi connectivity index (χ4n) is 2.71. The number of carbonyl (C=O) groups is 1. The molecule has 2 rings (SSSR count). The number of ether oxygens (including phenoxy) is 1. The monoisotopic (exact) mass is 455 g/mol. The molecule has 0 bridgehead atoms. The van der Waals surface area contributed by atoms with Gasteiger partial charge in [0.05, 0.1) is 18.6 Å². The number of hydrogen-bond donors (Lipinski definition) is 2. The zero-order chi connectivity index (χ0) is 22.5. The standard InChI is InChI=1S/C19H25N3O6S2/c1-4-22(30(26,27)18-11-14(2)5-10-17(18)28-3)13-19(23)21-12-15-6-8-16(9-7-15)29(20,24)25/h5-11H,4,12-13H2,1-3H3,(H,21,23)(H2,20,24,25). The van der Waals surface area contributed by atoms with Crippen LogP contribution in [0.15, 0.2) is 52.3 Å². The first-order valence-electron chi connectivity index (χ1n) is 9.02. The molecule has 0 heterocycles. The average molecular weight is 456 g/mol. The van der Waals surface area contributed by atoms with E-state index < -0.39 is 26.0 Å². The number of primary sulfonamides is 1. The van der Waals surface area contributed by atoms with E-state index in [1.54, 1.807) is 26.0 Å². The van der Waals surface area contributed by atoms with Crippen molar-refractivity contribution in [2.75, 3.05) is 20.2 Å². The number of rotatable bonds is 9. The van der Waals surface area contributed by atoms with Crippen molar-refractivity contribution in [3.8, 4) is 5.75 Å². The normalized spacial score (nSPS) is 12.0. The molecule has 0 unspecified atom stereocenters. The summed E-state index contributed by atoms with van der Waals surface area (Å²) in [6.07, 6.45) is 0. The van der Waals surface area contributed by atoms with E-state index in [0.29, 0.717) is 5.56 Å². The average Bonchev–Trinajstić information content (AvgIpc) is 2.69. The summed E-state index contributed by atoms with van der Waals surface area (Å²) in [5, 5.41) is 7.68. The topological polar surface area (TPSA) is 136 Å². The van der Waals surface area contributed by atoms with Crippen LogP contribution in [0.4, 0.5) is 0 Å². The van der Waals surface area contributed by atoms with Crippen molar-refractivity contribution in [3.05, 3.63) is 53.6 Å². The molecule has 0 spiro atoms. The molecule has 30 heavy (non-hydrogen) atoms. The van der Waals surface area contributed by atoms with Gasteiger partial charge in [-0.25, -0.2) is 22.0 Å². The van der Waals surface area contributed by atoms with Crippen LogP contribution < -0.4 is 15.2 Å². The van der Waals surface area contributed by atoms with Crippen molar-refractivity contribution in [2.24, 2.45) is 5.14 Å². The van der Waals surface area contributed by atoms with Gasteiger partial charge in [-0.3, -0.25) is 4.79 Å². The Labute approximate surface area is 176 Å². The fourth-order valence-corrected chi connectivity index (χ4v) is 4.87. The van der Waals surface area contributed by atoms with Crippen molar-refractivity contribution in [2.45, 2.75) is 30.2 Å². The maximum Gasteiger partial charge on any atom is 0.247 e. The second kappa shape index (κ2) is 9.56. The number of benzene rings is 2. The Morgan fingerprint density at radius 1 is 1.10 bits per heavy atom. The van der Waals surface area contributed by atoms with Crippen LogP contribution in [0, 0.1) is 6.92 Å². The molecule has 164 valence electrons. The minimum atomic E-state index is -3.95. The molecule has 0 saturated heterocycles. The number of sulfonamides is 2. The van der Waals surface area contributed by atoms with Crippen molar-refractivity contribution < 1.29 is 26.4 Å². The molecule has 0 aliphatic carbocycles. The van der Waals surface area contributed by atoms with Gasteiger partial charge in [0.1, 0.15) is 10.6 Å². The van der Waals surface area contributed by atoms with Gasteiger partial charge in [-0.2, -0.15) is 4.31 Å². The lowest BCUT2D eigenvalue weighted by Gasteiger charge is -2.21. The molecule has 2 aromatic carbocycles. The van der Waals surface area contributed by atoms with Gasteiger partial charge in [0.25, 0.3) is 0 Å². The molecule has 3 N–H and O–H groups in total. The van der Waals surface area contributed by atoms with Gasteiger partial charge in [0.15, 0.2) is 0 Å². The first-order valence-corrected chi connectivity index (χ1v) is 12.0. The Hall–Kier alpha value is -2.47. The van der Waals surface area contributed by atoms with Crippen molar-refractivity contribution >= 4 is 26.0 Å². The fraction of sp³-hybridized carbons (Fsp3) is 0.316. The van der Waals surface area contributed by atoms with Gasteiger partial charge < -0.3 is 10.1 Å². The van der Waals surface area contributed by atoms with Gasteiger partial charge in [-0.15, -0.1) is 0 Å². The number of nitrogens with one attached hydrogen (secondary N) is 1. The minimum absolute atomic E-state index is 0.00164. The maximum atomic E-state index is 13.0. The van der Waals surface area contributed by atoms with E-state index in [-0.39, 0.29) is 35.2 Å². The van der Waals surface area contributed by atoms with Gasteiger partial charge in [-0.1, -0.05) is 25.1 Å². The van der Waals surface area contributed by atoms with Crippen LogP contribution in [0.25, 0.3) is 0 Å². The summed E-state index contributed by atoms with van der Waals surface area (Å²) in [7, 11) is -6.36. The van der Waals surface area contributed by atoms with E-state index in [9.17, 15) is 21.6 Å². The van der Waals surface area contributed by atoms with Crippen molar-refractivity contribution in [1.82, 2.24) is 9.62 Å². The molecule has 0 aliphatic rings. The van der Waals surface area contributed by atoms with Crippen LogP contribution in [-0.2, 0) is 31.4 Å². The van der Waals surface area contributed by atoms with Crippen LogP contribution in [0.3, 0.4) is 0 Å². The SMILES string of the molecule is CCN(CC(=O)NCc1ccc(S(N)(=O)=O)cc1)S(=O)(=O)c1cc(C)ccc1OC. The summed E-state index contributed by atoms with van der Waals surface area (Å²) < 4.78 is 54.9. The van der Waals surface area contributed by atoms with E-state index in [4.69, 9.17) is 9.88 Å². The Morgan fingerprint density at radius 3 is 2.27 bits per heavy atom. The molecule has 0 fully saturated rings. The van der Waals surface area contributed by atoms with Gasteiger partial charge in [0, 0.05) is 13.1 Å². The Bertz CT molecular complexity index is 1110. The van der Waals surface area contributed by atoms with Gasteiger partial charge >= 0.3 is 0 Å². The number of hydrogen-bond acceptors (Lipinski definition) is 6. The van der Waals surface area contributed by atoms with Crippen LogP contribution in [0.1, 0.15) is 18.1 Å². The summed E-state index contributed by atoms with van der Waals surface area (Å²) in [6.45, 7) is 3.23. The van der Waals surface area contributed by atoms with Crippen LogP contribution in [-0.4, -0.2) is 47.2 Å². The lowest BCUT2D eigenvalue weighted by atomic mass is 10.2. The third kappa shape index (κ3) is 5.79. The lowest BCUT2D eigenvalue weighted by molar-refractivity contribution is -0.121. The molecule has 0 saturated carbocycles. The van der Waals surface area contributed by atoms with Crippen molar-refractivity contribution in [1.29, 1.82) is 0 Å². The first kappa shape index (κ1) is 23.8. The number of amides is 1. The molecule has 0 radical (unpaired) electrons. The number of aryl methyl sites for hydroxylation is 1. The quantitative estimate of drug-likeness (QED) is 0.578. The molecule has 0 aromatic heterocycles. The number of carbonyl (C=O) groups excluding carboxylic acids is 1. The van der Waals surface area contributed by atoms with Crippen LogP contribution in [0.5, 0.6) is 5.75 Å². The third-order valence-electron chi connectivity index (χ3n) is 4.35. The van der Waals surface area contributed by atoms with E-state index in [1.165, 1.54) is 37.4 Å². The summed E-state index contributed by atoms with van der Waals surface area (Å²) in [6, 6.07) is 10.5. The van der Waals surface area contributed by atoms with E-state index >= 15 is 0 Å². The van der Waals surface area contributed by atoms with Crippen LogP contribution in [0.2, 0.25) is 0 Å². The number of nitrogens with zero attached hydrogens (tertiary/aromatic N) is 1. The lowest BCUT2D eigenvalue weighted by Crippen LogP contribution is -2.40. The Morgan fingerprint density at radius 2 is 1.73 bits per heavy atom.